The predicted molar refractivity (Wildman–Crippen MR) is 80.0 cm³/mol. The summed E-state index contributed by atoms with van der Waals surface area (Å²) in [6, 6.07) is 7.97. The van der Waals surface area contributed by atoms with E-state index in [4.69, 9.17) is 5.73 Å². The molecule has 0 aromatic heterocycles. The fraction of sp³-hybridized carbons (Fsp3) is 0.533. The van der Waals surface area contributed by atoms with Crippen LogP contribution in [0, 0.1) is 0 Å². The van der Waals surface area contributed by atoms with Gasteiger partial charge < -0.3 is 11.1 Å². The molecule has 4 heteroatoms. The van der Waals surface area contributed by atoms with Crippen molar-refractivity contribution in [3.05, 3.63) is 29.8 Å². The summed E-state index contributed by atoms with van der Waals surface area (Å²) in [5.74, 6) is 0.105. The smallest absolute Gasteiger partial charge is 0.234 e. The number of hydrogen-bond donors (Lipinski definition) is 2. The van der Waals surface area contributed by atoms with Crippen molar-refractivity contribution < 1.29 is 4.79 Å². The summed E-state index contributed by atoms with van der Waals surface area (Å²) >= 11 is 0. The van der Waals surface area contributed by atoms with E-state index in [9.17, 15) is 4.79 Å². The van der Waals surface area contributed by atoms with Gasteiger partial charge in [0.15, 0.2) is 0 Å². The molecule has 1 aromatic rings. The van der Waals surface area contributed by atoms with Crippen LogP contribution in [0.15, 0.2) is 24.3 Å². The van der Waals surface area contributed by atoms with Gasteiger partial charge in [0.25, 0.3) is 0 Å². The van der Waals surface area contributed by atoms with Gasteiger partial charge in [-0.25, -0.2) is 0 Å². The number of nitrogen functional groups attached to an aromatic ring is 1. The van der Waals surface area contributed by atoms with Gasteiger partial charge in [-0.05, 0) is 50.6 Å². The van der Waals surface area contributed by atoms with E-state index in [1.54, 1.807) is 0 Å². The molecule has 0 bridgehead atoms. The van der Waals surface area contributed by atoms with Gasteiger partial charge in [-0.1, -0.05) is 19.1 Å². The fourth-order valence-corrected chi connectivity index (χ4v) is 1.95. The number of nitrogens with two attached hydrogens (primary N) is 1. The number of nitrogens with zero attached hydrogens (tertiary/aromatic N) is 1. The van der Waals surface area contributed by atoms with E-state index in [0.717, 1.165) is 38.0 Å². The van der Waals surface area contributed by atoms with Crippen molar-refractivity contribution in [3.8, 4) is 0 Å². The Morgan fingerprint density at radius 1 is 1.42 bits per heavy atom. The van der Waals surface area contributed by atoms with Crippen molar-refractivity contribution in [2.45, 2.75) is 26.2 Å². The summed E-state index contributed by atoms with van der Waals surface area (Å²) in [6.07, 6.45) is 3.00. The Kier molecular flexibility index (Phi) is 6.97. The lowest BCUT2D eigenvalue weighted by atomic mass is 10.1. The number of nitrogens with one attached hydrogen (secondary N) is 1. The van der Waals surface area contributed by atoms with Gasteiger partial charge in [-0.2, -0.15) is 0 Å². The lowest BCUT2D eigenvalue weighted by molar-refractivity contribution is -0.121. The van der Waals surface area contributed by atoms with Crippen LogP contribution in [-0.4, -0.2) is 37.5 Å². The highest BCUT2D eigenvalue weighted by Crippen LogP contribution is 2.08. The predicted octanol–water partition coefficient (Wildman–Crippen LogP) is 1.66. The van der Waals surface area contributed by atoms with Gasteiger partial charge in [-0.3, -0.25) is 9.69 Å². The third-order valence-corrected chi connectivity index (χ3v) is 2.94. The molecule has 1 amide bonds. The van der Waals surface area contributed by atoms with E-state index in [-0.39, 0.29) is 5.91 Å². The minimum atomic E-state index is 0.105. The number of rotatable bonds is 8. The molecule has 0 spiro atoms. The molecule has 1 rings (SSSR count). The lowest BCUT2D eigenvalue weighted by Crippen LogP contribution is -2.35. The van der Waals surface area contributed by atoms with Gasteiger partial charge in [0, 0.05) is 12.2 Å². The molecule has 3 N–H and O–H groups in total. The van der Waals surface area contributed by atoms with E-state index in [1.807, 2.05) is 25.2 Å². The number of amides is 1. The first-order valence-corrected chi connectivity index (χ1v) is 6.91. The monoisotopic (exact) mass is 263 g/mol. The van der Waals surface area contributed by atoms with Crippen LogP contribution < -0.4 is 11.1 Å². The van der Waals surface area contributed by atoms with Crippen molar-refractivity contribution in [2.24, 2.45) is 0 Å². The zero-order valence-electron chi connectivity index (χ0n) is 12.0. The van der Waals surface area contributed by atoms with Crippen LogP contribution in [-0.2, 0) is 11.2 Å². The number of aryl methyl sites for hydroxylation is 1. The fourth-order valence-electron chi connectivity index (χ4n) is 1.95. The maximum Gasteiger partial charge on any atom is 0.234 e. The molecular weight excluding hydrogens is 238 g/mol. The molecule has 0 radical (unpaired) electrons. The van der Waals surface area contributed by atoms with E-state index >= 15 is 0 Å². The summed E-state index contributed by atoms with van der Waals surface area (Å²) in [4.78, 5) is 13.6. The molecule has 0 atom stereocenters. The minimum absolute atomic E-state index is 0.105. The number of hydrogen-bond acceptors (Lipinski definition) is 3. The molecule has 0 heterocycles. The summed E-state index contributed by atoms with van der Waals surface area (Å²) in [5.41, 5.74) is 7.80. The van der Waals surface area contributed by atoms with E-state index in [1.165, 1.54) is 5.56 Å². The first-order valence-electron chi connectivity index (χ1n) is 6.91. The Labute approximate surface area is 116 Å². The Morgan fingerprint density at radius 2 is 2.21 bits per heavy atom. The topological polar surface area (TPSA) is 58.4 Å². The molecule has 19 heavy (non-hydrogen) atoms. The molecule has 0 aliphatic carbocycles. The Balaban J connectivity index is 2.20. The van der Waals surface area contributed by atoms with Crippen molar-refractivity contribution in [1.29, 1.82) is 0 Å². The van der Waals surface area contributed by atoms with Crippen molar-refractivity contribution >= 4 is 11.6 Å². The van der Waals surface area contributed by atoms with E-state index in [0.29, 0.717) is 6.54 Å². The second-order valence-electron chi connectivity index (χ2n) is 4.94. The standard InChI is InChI=1S/C15H25N3O/c1-3-9-17-15(19)12-18(2)10-5-7-13-6-4-8-14(16)11-13/h4,6,8,11H,3,5,7,9-10,12,16H2,1-2H3,(H,17,19). The van der Waals surface area contributed by atoms with Gasteiger partial charge in [-0.15, -0.1) is 0 Å². The average Bonchev–Trinajstić information content (AvgIpc) is 2.36. The second kappa shape index (κ2) is 8.53. The maximum absolute atomic E-state index is 11.5. The normalized spacial score (nSPS) is 10.7. The highest BCUT2D eigenvalue weighted by atomic mass is 16.2. The van der Waals surface area contributed by atoms with Gasteiger partial charge in [0.05, 0.1) is 6.54 Å². The van der Waals surface area contributed by atoms with E-state index < -0.39 is 0 Å². The zero-order chi connectivity index (χ0) is 14.1. The van der Waals surface area contributed by atoms with Crippen LogP contribution in [0.2, 0.25) is 0 Å². The molecule has 0 saturated carbocycles. The molecule has 0 aliphatic heterocycles. The second-order valence-corrected chi connectivity index (χ2v) is 4.94. The van der Waals surface area contributed by atoms with Crippen LogP contribution in [0.5, 0.6) is 0 Å². The van der Waals surface area contributed by atoms with Crippen LogP contribution in [0.4, 0.5) is 5.69 Å². The third kappa shape index (κ3) is 6.82. The number of benzene rings is 1. The quantitative estimate of drug-likeness (QED) is 0.701. The maximum atomic E-state index is 11.5. The zero-order valence-corrected chi connectivity index (χ0v) is 12.0. The Bertz CT molecular complexity index is 393. The molecule has 0 unspecified atom stereocenters. The third-order valence-electron chi connectivity index (χ3n) is 2.94. The van der Waals surface area contributed by atoms with Crippen molar-refractivity contribution in [2.75, 3.05) is 32.4 Å². The summed E-state index contributed by atoms with van der Waals surface area (Å²) < 4.78 is 0. The summed E-state index contributed by atoms with van der Waals surface area (Å²) in [7, 11) is 1.98. The summed E-state index contributed by atoms with van der Waals surface area (Å²) in [6.45, 7) is 4.19. The number of anilines is 1. The Hall–Kier alpha value is -1.55. The molecule has 0 fully saturated rings. The Morgan fingerprint density at radius 3 is 2.89 bits per heavy atom. The number of likely N-dealkylation sites (N-methyl/N-ethyl adjacent to an activating group) is 1. The lowest BCUT2D eigenvalue weighted by Gasteiger charge is -2.16. The average molecular weight is 263 g/mol. The molecule has 0 saturated heterocycles. The summed E-state index contributed by atoms with van der Waals surface area (Å²) in [5, 5.41) is 2.88. The van der Waals surface area contributed by atoms with Crippen molar-refractivity contribution in [1.82, 2.24) is 10.2 Å². The first kappa shape index (κ1) is 15.5. The van der Waals surface area contributed by atoms with E-state index in [2.05, 4.69) is 23.2 Å². The molecule has 1 aromatic carbocycles. The highest BCUT2D eigenvalue weighted by Gasteiger charge is 2.05. The molecule has 106 valence electrons. The molecular formula is C15H25N3O. The van der Waals surface area contributed by atoms with Crippen LogP contribution >= 0.6 is 0 Å². The minimum Gasteiger partial charge on any atom is -0.399 e. The van der Waals surface area contributed by atoms with Crippen LogP contribution in [0.1, 0.15) is 25.3 Å². The molecule has 0 aliphatic rings. The highest BCUT2D eigenvalue weighted by molar-refractivity contribution is 5.77. The van der Waals surface area contributed by atoms with Gasteiger partial charge in [0.1, 0.15) is 0 Å². The largest absolute Gasteiger partial charge is 0.399 e. The van der Waals surface area contributed by atoms with Crippen molar-refractivity contribution in [3.63, 3.8) is 0 Å². The first-order chi connectivity index (χ1) is 9.11. The SMILES string of the molecule is CCCNC(=O)CN(C)CCCc1cccc(N)c1. The van der Waals surface area contributed by atoms with Crippen LogP contribution in [0.3, 0.4) is 0 Å². The van der Waals surface area contributed by atoms with Gasteiger partial charge in [0.2, 0.25) is 5.91 Å². The van der Waals surface area contributed by atoms with Crippen LogP contribution in [0.25, 0.3) is 0 Å². The number of carbonyl (C=O) groups is 1. The molecule has 4 nitrogen and oxygen atoms in total. The van der Waals surface area contributed by atoms with Gasteiger partial charge >= 0.3 is 0 Å². The number of carbonyl (C=O) groups excluding carboxylic acids is 1.